The minimum atomic E-state index is -1.38. The molecule has 0 saturated carbocycles. The molecule has 0 aromatic rings. The van der Waals surface area contributed by atoms with Gasteiger partial charge in [-0.3, -0.25) is 0 Å². The molecular formula is C17H33NO9S. The van der Waals surface area contributed by atoms with Crippen LogP contribution in [-0.2, 0) is 18.9 Å². The van der Waals surface area contributed by atoms with Crippen LogP contribution in [-0.4, -0.2) is 113 Å². The van der Waals surface area contributed by atoms with Crippen molar-refractivity contribution in [3.05, 3.63) is 0 Å². The van der Waals surface area contributed by atoms with Gasteiger partial charge in [0, 0.05) is 31.1 Å². The molecule has 0 aromatic heterocycles. The molecule has 2 saturated heterocycles. The summed E-state index contributed by atoms with van der Waals surface area (Å²) in [7, 11) is 1.35. The number of thioether (sulfide) groups is 1. The van der Waals surface area contributed by atoms with E-state index in [4.69, 9.17) is 24.7 Å². The second-order valence-electron chi connectivity index (χ2n) is 7.00. The Balaban J connectivity index is 2.14. The lowest BCUT2D eigenvalue weighted by molar-refractivity contribution is -0.349. The van der Waals surface area contributed by atoms with Gasteiger partial charge in [0.2, 0.25) is 0 Å². The van der Waals surface area contributed by atoms with Gasteiger partial charge in [0.1, 0.15) is 24.4 Å². The molecule has 28 heavy (non-hydrogen) atoms. The summed E-state index contributed by atoms with van der Waals surface area (Å²) < 4.78 is 22.2. The van der Waals surface area contributed by atoms with Crippen LogP contribution in [0.15, 0.2) is 0 Å². The van der Waals surface area contributed by atoms with Gasteiger partial charge >= 0.3 is 0 Å². The highest BCUT2D eigenvalue weighted by Crippen LogP contribution is 2.33. The summed E-state index contributed by atoms with van der Waals surface area (Å²) in [5.41, 5.74) is 5.51. The van der Waals surface area contributed by atoms with Gasteiger partial charge in [0.15, 0.2) is 12.6 Å². The molecule has 10 nitrogen and oxygen atoms in total. The van der Waals surface area contributed by atoms with Crippen molar-refractivity contribution in [3.63, 3.8) is 0 Å². The molecule has 166 valence electrons. The molecule has 2 heterocycles. The van der Waals surface area contributed by atoms with E-state index in [9.17, 15) is 25.5 Å². The van der Waals surface area contributed by atoms with Gasteiger partial charge in [0.05, 0.1) is 24.9 Å². The Morgan fingerprint density at radius 2 is 1.61 bits per heavy atom. The van der Waals surface area contributed by atoms with Gasteiger partial charge < -0.3 is 50.2 Å². The van der Waals surface area contributed by atoms with Gasteiger partial charge in [-0.05, 0) is 6.42 Å². The molecule has 0 radical (unpaired) electrons. The fraction of sp³-hybridized carbons (Fsp3) is 1.00. The van der Waals surface area contributed by atoms with E-state index in [0.717, 1.165) is 0 Å². The number of aliphatic hydroxyl groups excluding tert-OH is 5. The van der Waals surface area contributed by atoms with E-state index in [1.165, 1.54) is 18.9 Å². The van der Waals surface area contributed by atoms with Crippen molar-refractivity contribution >= 4 is 11.8 Å². The second kappa shape index (κ2) is 11.4. The van der Waals surface area contributed by atoms with Gasteiger partial charge in [-0.15, -0.1) is 0 Å². The number of aliphatic hydroxyl groups is 5. The minimum absolute atomic E-state index is 0.351. The molecule has 11 heteroatoms. The molecule has 6 unspecified atom stereocenters. The number of methoxy groups -OCH3 is 1. The minimum Gasteiger partial charge on any atom is -0.394 e. The Kier molecular flexibility index (Phi) is 9.84. The van der Waals surface area contributed by atoms with Crippen molar-refractivity contribution in [2.75, 3.05) is 31.8 Å². The first kappa shape index (κ1) is 24.2. The normalized spacial score (nSPS) is 44.6. The average Bonchev–Trinajstić information content (AvgIpc) is 2.70. The first-order valence-electron chi connectivity index (χ1n) is 9.49. The Morgan fingerprint density at radius 1 is 0.964 bits per heavy atom. The van der Waals surface area contributed by atoms with E-state index in [1.54, 1.807) is 0 Å². The van der Waals surface area contributed by atoms with Crippen molar-refractivity contribution in [2.24, 2.45) is 11.7 Å². The van der Waals surface area contributed by atoms with Crippen LogP contribution in [0.2, 0.25) is 0 Å². The van der Waals surface area contributed by atoms with Crippen LogP contribution in [0.5, 0.6) is 0 Å². The zero-order valence-electron chi connectivity index (χ0n) is 16.2. The molecule has 0 spiro atoms. The molecule has 0 aromatic carbocycles. The van der Waals surface area contributed by atoms with Gasteiger partial charge in [-0.2, -0.15) is 11.8 Å². The molecule has 2 fully saturated rings. The second-order valence-corrected chi connectivity index (χ2v) is 8.15. The lowest BCUT2D eigenvalue weighted by Gasteiger charge is -2.46. The first-order chi connectivity index (χ1) is 13.4. The van der Waals surface area contributed by atoms with E-state index in [0.29, 0.717) is 24.5 Å². The predicted molar refractivity (Wildman–Crippen MR) is 100 cm³/mol. The summed E-state index contributed by atoms with van der Waals surface area (Å²) in [6.45, 7) is 1.93. The zero-order valence-corrected chi connectivity index (χ0v) is 17.0. The number of nitrogens with two attached hydrogens (primary N) is 1. The maximum Gasteiger partial charge on any atom is 0.187 e. The van der Waals surface area contributed by atoms with Crippen LogP contribution in [0.3, 0.4) is 0 Å². The third kappa shape index (κ3) is 5.35. The molecule has 2 rings (SSSR count). The summed E-state index contributed by atoms with van der Waals surface area (Å²) in [6.07, 6.45) is -9.56. The third-order valence-corrected chi connectivity index (χ3v) is 6.30. The van der Waals surface area contributed by atoms with Gasteiger partial charge in [-0.25, -0.2) is 0 Å². The summed E-state index contributed by atoms with van der Waals surface area (Å²) >= 11 is 1.48. The number of hydrogen-bond acceptors (Lipinski definition) is 11. The molecule has 7 N–H and O–H groups in total. The highest BCUT2D eigenvalue weighted by molar-refractivity contribution is 7.99. The predicted octanol–water partition coefficient (Wildman–Crippen LogP) is -2.38. The molecule has 10 atom stereocenters. The van der Waals surface area contributed by atoms with E-state index >= 15 is 0 Å². The largest absolute Gasteiger partial charge is 0.394 e. The van der Waals surface area contributed by atoms with Crippen LogP contribution in [0.4, 0.5) is 0 Å². The fourth-order valence-electron chi connectivity index (χ4n) is 3.62. The quantitative estimate of drug-likeness (QED) is 0.218. The van der Waals surface area contributed by atoms with Crippen molar-refractivity contribution in [1.82, 2.24) is 0 Å². The fourth-order valence-corrected chi connectivity index (χ4v) is 4.46. The van der Waals surface area contributed by atoms with Crippen molar-refractivity contribution in [2.45, 2.75) is 68.7 Å². The van der Waals surface area contributed by atoms with E-state index in [1.807, 2.05) is 6.92 Å². The Labute approximate surface area is 168 Å². The van der Waals surface area contributed by atoms with Gasteiger partial charge in [0.25, 0.3) is 0 Å². The third-order valence-electron chi connectivity index (χ3n) is 5.21. The summed E-state index contributed by atoms with van der Waals surface area (Å²) in [4.78, 5) is 0. The molecule has 0 aliphatic carbocycles. The first-order valence-corrected chi connectivity index (χ1v) is 10.6. The lowest BCUT2D eigenvalue weighted by Crippen LogP contribution is -2.63. The van der Waals surface area contributed by atoms with E-state index in [-0.39, 0.29) is 6.61 Å². The number of ether oxygens (including phenoxy) is 4. The summed E-state index contributed by atoms with van der Waals surface area (Å²) in [5.74, 6) is 0.610. The molecule has 2 aliphatic rings. The van der Waals surface area contributed by atoms with Crippen molar-refractivity contribution < 1.29 is 44.5 Å². The highest BCUT2D eigenvalue weighted by atomic mass is 32.2. The highest BCUT2D eigenvalue weighted by Gasteiger charge is 2.50. The van der Waals surface area contributed by atoms with Gasteiger partial charge in [-0.1, -0.05) is 6.92 Å². The van der Waals surface area contributed by atoms with Crippen LogP contribution in [0.25, 0.3) is 0 Å². The Morgan fingerprint density at radius 3 is 2.18 bits per heavy atom. The Hall–Kier alpha value is -0.0500. The number of rotatable bonds is 9. The average molecular weight is 428 g/mol. The van der Waals surface area contributed by atoms with Crippen LogP contribution in [0, 0.1) is 5.92 Å². The maximum absolute atomic E-state index is 10.6. The molecular weight excluding hydrogens is 394 g/mol. The summed E-state index contributed by atoms with van der Waals surface area (Å²) in [6, 6.07) is 0. The standard InChI is InChI=1S/C17H33NO9S/c1-3-8-9(6-19)25-17(13(22)11(8)20)27-15-10(7-28-5-4-18)26-16(24-2)14(23)12(15)21/h8-17,19-23H,3-7,18H2,1-2H3/t8?,9?,10?,11-,12+,13?,14?,15?,16-,17+/m0/s1. The van der Waals surface area contributed by atoms with Crippen molar-refractivity contribution in [3.8, 4) is 0 Å². The van der Waals surface area contributed by atoms with E-state index in [2.05, 4.69) is 0 Å². The zero-order chi connectivity index (χ0) is 20.8. The van der Waals surface area contributed by atoms with Crippen LogP contribution < -0.4 is 5.73 Å². The maximum atomic E-state index is 10.6. The Bertz CT molecular complexity index is 460. The summed E-state index contributed by atoms with van der Waals surface area (Å²) in [5, 5.41) is 51.1. The monoisotopic (exact) mass is 427 g/mol. The molecule has 0 amide bonds. The van der Waals surface area contributed by atoms with E-state index < -0.39 is 61.2 Å². The topological polar surface area (TPSA) is 164 Å². The van der Waals surface area contributed by atoms with Crippen LogP contribution >= 0.6 is 11.8 Å². The molecule has 0 bridgehead atoms. The molecule has 2 aliphatic heterocycles. The van der Waals surface area contributed by atoms with Crippen LogP contribution in [0.1, 0.15) is 13.3 Å². The lowest BCUT2D eigenvalue weighted by atomic mass is 9.87. The smallest absolute Gasteiger partial charge is 0.187 e. The van der Waals surface area contributed by atoms with Crippen molar-refractivity contribution in [1.29, 1.82) is 0 Å². The number of hydrogen-bond donors (Lipinski definition) is 6. The SMILES string of the molecule is CCC1C(CO)O[C@H](OC2C(CSCCN)O[C@H](OC)C(O)[C@H]2O)C(O)[C@H]1O.